The van der Waals surface area contributed by atoms with Crippen molar-refractivity contribution < 1.29 is 4.79 Å². The zero-order valence-electron chi connectivity index (χ0n) is 14.4. The third-order valence-corrected chi connectivity index (χ3v) is 4.02. The minimum atomic E-state index is -0.205. The summed E-state index contributed by atoms with van der Waals surface area (Å²) in [6.07, 6.45) is 2.19. The van der Waals surface area contributed by atoms with Crippen molar-refractivity contribution >= 4 is 16.8 Å². The normalized spacial score (nSPS) is 11.0. The third kappa shape index (κ3) is 3.93. The summed E-state index contributed by atoms with van der Waals surface area (Å²) in [7, 11) is 0. The van der Waals surface area contributed by atoms with Gasteiger partial charge in [-0.25, -0.2) is 4.98 Å². The SMILES string of the molecule is Cc1cc(C)n(CCCNC(=O)Cn2cnc3ccccc3c2=O)n1. The summed E-state index contributed by atoms with van der Waals surface area (Å²) in [5.41, 5.74) is 2.53. The highest BCUT2D eigenvalue weighted by molar-refractivity contribution is 5.78. The Balaban J connectivity index is 1.53. The van der Waals surface area contributed by atoms with Gasteiger partial charge in [-0.2, -0.15) is 5.10 Å². The van der Waals surface area contributed by atoms with Crippen molar-refractivity contribution in [3.8, 4) is 0 Å². The lowest BCUT2D eigenvalue weighted by molar-refractivity contribution is -0.121. The predicted molar refractivity (Wildman–Crippen MR) is 95.3 cm³/mol. The molecule has 25 heavy (non-hydrogen) atoms. The van der Waals surface area contributed by atoms with Crippen molar-refractivity contribution in [3.05, 3.63) is 58.4 Å². The van der Waals surface area contributed by atoms with Crippen LogP contribution in [0.5, 0.6) is 0 Å². The molecule has 0 saturated heterocycles. The summed E-state index contributed by atoms with van der Waals surface area (Å²) in [5, 5.41) is 7.74. The van der Waals surface area contributed by atoms with Crippen LogP contribution >= 0.6 is 0 Å². The van der Waals surface area contributed by atoms with Gasteiger partial charge in [0.25, 0.3) is 5.56 Å². The number of carbonyl (C=O) groups is 1. The first-order chi connectivity index (χ1) is 12.0. The molecule has 0 atom stereocenters. The third-order valence-electron chi connectivity index (χ3n) is 4.02. The molecule has 2 aromatic heterocycles. The van der Waals surface area contributed by atoms with Gasteiger partial charge in [0.2, 0.25) is 5.91 Å². The molecule has 0 bridgehead atoms. The van der Waals surface area contributed by atoms with Crippen LogP contribution in [0.3, 0.4) is 0 Å². The molecule has 0 unspecified atom stereocenters. The second-order valence-electron chi connectivity index (χ2n) is 6.05. The lowest BCUT2D eigenvalue weighted by atomic mass is 10.2. The predicted octanol–water partition coefficient (Wildman–Crippen LogP) is 1.42. The van der Waals surface area contributed by atoms with E-state index in [1.807, 2.05) is 30.7 Å². The lowest BCUT2D eigenvalue weighted by Crippen LogP contribution is -2.33. The molecule has 0 aliphatic rings. The first-order valence-electron chi connectivity index (χ1n) is 8.26. The van der Waals surface area contributed by atoms with Crippen LogP contribution in [0.2, 0.25) is 0 Å². The molecule has 1 amide bonds. The first kappa shape index (κ1) is 16.9. The van der Waals surface area contributed by atoms with Crippen molar-refractivity contribution in [2.45, 2.75) is 33.4 Å². The molecule has 7 heteroatoms. The van der Waals surface area contributed by atoms with Crippen LogP contribution in [0.1, 0.15) is 17.8 Å². The van der Waals surface area contributed by atoms with Gasteiger partial charge in [-0.3, -0.25) is 18.8 Å². The Morgan fingerprint density at radius 1 is 1.24 bits per heavy atom. The number of rotatable bonds is 6. The number of benzene rings is 1. The molecule has 0 aliphatic carbocycles. The maximum absolute atomic E-state index is 12.4. The monoisotopic (exact) mass is 339 g/mol. The topological polar surface area (TPSA) is 81.8 Å². The van der Waals surface area contributed by atoms with E-state index >= 15 is 0 Å². The smallest absolute Gasteiger partial charge is 0.261 e. The number of para-hydroxylation sites is 1. The summed E-state index contributed by atoms with van der Waals surface area (Å²) in [6.45, 7) is 5.22. The standard InChI is InChI=1S/C18H21N5O2/c1-13-10-14(2)23(21-13)9-5-8-19-17(24)11-22-12-20-16-7-4-3-6-15(16)18(22)25/h3-4,6-7,10,12H,5,8-9,11H2,1-2H3,(H,19,24). The van der Waals surface area contributed by atoms with Gasteiger partial charge < -0.3 is 5.32 Å². The quantitative estimate of drug-likeness (QED) is 0.689. The average Bonchev–Trinajstić information content (AvgIpc) is 2.92. The van der Waals surface area contributed by atoms with Gasteiger partial charge in [-0.05, 0) is 38.5 Å². The second-order valence-corrected chi connectivity index (χ2v) is 6.05. The van der Waals surface area contributed by atoms with Crippen LogP contribution in [0.25, 0.3) is 10.9 Å². The van der Waals surface area contributed by atoms with Crippen LogP contribution in [-0.2, 0) is 17.9 Å². The zero-order valence-corrected chi connectivity index (χ0v) is 14.4. The highest BCUT2D eigenvalue weighted by atomic mass is 16.2. The van der Waals surface area contributed by atoms with Crippen molar-refractivity contribution in [2.24, 2.45) is 0 Å². The first-order valence-corrected chi connectivity index (χ1v) is 8.26. The molecule has 0 radical (unpaired) electrons. The van der Waals surface area contributed by atoms with Gasteiger partial charge in [0.15, 0.2) is 0 Å². The van der Waals surface area contributed by atoms with E-state index in [1.165, 1.54) is 10.9 Å². The van der Waals surface area contributed by atoms with E-state index in [-0.39, 0.29) is 18.0 Å². The van der Waals surface area contributed by atoms with E-state index < -0.39 is 0 Å². The molecule has 0 saturated carbocycles. The fourth-order valence-corrected chi connectivity index (χ4v) is 2.79. The van der Waals surface area contributed by atoms with Gasteiger partial charge in [0.1, 0.15) is 6.54 Å². The van der Waals surface area contributed by atoms with E-state index in [9.17, 15) is 9.59 Å². The van der Waals surface area contributed by atoms with Crippen LogP contribution in [0.4, 0.5) is 0 Å². The van der Waals surface area contributed by atoms with Gasteiger partial charge in [-0.1, -0.05) is 12.1 Å². The fourth-order valence-electron chi connectivity index (χ4n) is 2.79. The summed E-state index contributed by atoms with van der Waals surface area (Å²) < 4.78 is 3.26. The number of carbonyl (C=O) groups excluding carboxylic acids is 1. The summed E-state index contributed by atoms with van der Waals surface area (Å²) in [4.78, 5) is 28.6. The zero-order chi connectivity index (χ0) is 17.8. The van der Waals surface area contributed by atoms with Gasteiger partial charge >= 0.3 is 0 Å². The van der Waals surface area contributed by atoms with Crippen LogP contribution in [0, 0.1) is 13.8 Å². The van der Waals surface area contributed by atoms with Crippen LogP contribution in [-0.4, -0.2) is 31.8 Å². The molecule has 0 aliphatic heterocycles. The number of nitrogens with one attached hydrogen (secondary N) is 1. The van der Waals surface area contributed by atoms with Gasteiger partial charge in [0.05, 0.1) is 22.9 Å². The lowest BCUT2D eigenvalue weighted by Gasteiger charge is -2.08. The van der Waals surface area contributed by atoms with E-state index in [0.29, 0.717) is 17.4 Å². The molecule has 0 spiro atoms. The Morgan fingerprint density at radius 3 is 2.80 bits per heavy atom. The van der Waals surface area contributed by atoms with Crippen LogP contribution < -0.4 is 10.9 Å². The summed E-state index contributed by atoms with van der Waals surface area (Å²) in [5.74, 6) is -0.201. The Labute approximate surface area is 145 Å². The van der Waals surface area contributed by atoms with Crippen LogP contribution in [0.15, 0.2) is 41.5 Å². The molecule has 2 heterocycles. The van der Waals surface area contributed by atoms with Crippen molar-refractivity contribution in [3.63, 3.8) is 0 Å². The minimum Gasteiger partial charge on any atom is -0.354 e. The van der Waals surface area contributed by atoms with Crippen molar-refractivity contribution in [1.82, 2.24) is 24.6 Å². The molecular weight excluding hydrogens is 318 g/mol. The molecule has 0 fully saturated rings. The average molecular weight is 339 g/mol. The molecule has 3 aromatic rings. The van der Waals surface area contributed by atoms with E-state index in [1.54, 1.807) is 18.2 Å². The molecule has 7 nitrogen and oxygen atoms in total. The number of hydrogen-bond acceptors (Lipinski definition) is 4. The van der Waals surface area contributed by atoms with Crippen molar-refractivity contribution in [1.29, 1.82) is 0 Å². The van der Waals surface area contributed by atoms with Gasteiger partial charge in [0, 0.05) is 18.8 Å². The molecule has 1 N–H and O–H groups in total. The Hall–Kier alpha value is -2.96. The molecule has 1 aromatic carbocycles. The van der Waals surface area contributed by atoms with Crippen molar-refractivity contribution in [2.75, 3.05) is 6.54 Å². The summed E-state index contributed by atoms with van der Waals surface area (Å²) in [6, 6.07) is 9.13. The number of fused-ring (bicyclic) bond motifs is 1. The summed E-state index contributed by atoms with van der Waals surface area (Å²) >= 11 is 0. The largest absolute Gasteiger partial charge is 0.354 e. The molecular formula is C18H21N5O2. The van der Waals surface area contributed by atoms with E-state index in [4.69, 9.17) is 0 Å². The highest BCUT2D eigenvalue weighted by Gasteiger charge is 2.08. The number of aryl methyl sites for hydroxylation is 3. The second kappa shape index (κ2) is 7.29. The highest BCUT2D eigenvalue weighted by Crippen LogP contribution is 2.04. The number of aromatic nitrogens is 4. The maximum atomic E-state index is 12.4. The number of amides is 1. The number of nitrogens with zero attached hydrogens (tertiary/aromatic N) is 4. The Kier molecular flexibility index (Phi) is 4.92. The Bertz CT molecular complexity index is 957. The number of hydrogen-bond donors (Lipinski definition) is 1. The maximum Gasteiger partial charge on any atom is 0.261 e. The fraction of sp³-hybridized carbons (Fsp3) is 0.333. The molecule has 130 valence electrons. The Morgan fingerprint density at radius 2 is 2.04 bits per heavy atom. The minimum absolute atomic E-state index is 0.0312. The van der Waals surface area contributed by atoms with E-state index in [2.05, 4.69) is 15.4 Å². The molecule has 3 rings (SSSR count). The van der Waals surface area contributed by atoms with Gasteiger partial charge in [-0.15, -0.1) is 0 Å². The van der Waals surface area contributed by atoms with E-state index in [0.717, 1.165) is 24.4 Å².